The number of carbonyl (C=O) groups is 1. The second-order valence-corrected chi connectivity index (χ2v) is 3.17. The number of aliphatic hydroxyl groups excluding tert-OH is 1. The van der Waals surface area contributed by atoms with Crippen molar-refractivity contribution in [2.45, 2.75) is 6.92 Å². The highest BCUT2D eigenvalue weighted by Gasteiger charge is 2.23. The summed E-state index contributed by atoms with van der Waals surface area (Å²) in [6.07, 6.45) is 6.72. The molecule has 2 aliphatic rings. The van der Waals surface area contributed by atoms with Crippen molar-refractivity contribution in [3.63, 3.8) is 0 Å². The van der Waals surface area contributed by atoms with Crippen molar-refractivity contribution < 1.29 is 9.90 Å². The lowest BCUT2D eigenvalue weighted by Crippen LogP contribution is -2.21. The Morgan fingerprint density at radius 3 is 3.00 bits per heavy atom. The van der Waals surface area contributed by atoms with Gasteiger partial charge in [0.25, 0.3) is 5.91 Å². The number of nitrogens with zero attached hydrogens (tertiary/aromatic N) is 1. The van der Waals surface area contributed by atoms with E-state index in [1.54, 1.807) is 0 Å². The van der Waals surface area contributed by atoms with E-state index in [1.807, 2.05) is 25.2 Å². The molecule has 0 unspecified atom stereocenters. The molecule has 1 heterocycles. The molecule has 0 saturated carbocycles. The molecule has 3 nitrogen and oxygen atoms in total. The van der Waals surface area contributed by atoms with E-state index < -0.39 is 0 Å². The third-order valence-corrected chi connectivity index (χ3v) is 2.08. The zero-order valence-electron chi connectivity index (χ0n) is 7.19. The van der Waals surface area contributed by atoms with Crippen LogP contribution in [0.4, 0.5) is 0 Å². The first-order valence-electron chi connectivity index (χ1n) is 4.06. The summed E-state index contributed by atoms with van der Waals surface area (Å²) in [6.45, 7) is 1.93. The molecule has 0 fully saturated rings. The van der Waals surface area contributed by atoms with Crippen LogP contribution in [0.25, 0.3) is 0 Å². The molecule has 2 rings (SSSR count). The summed E-state index contributed by atoms with van der Waals surface area (Å²) in [6, 6.07) is 0. The molecule has 0 aromatic heterocycles. The molecule has 1 amide bonds. The first-order valence-corrected chi connectivity index (χ1v) is 4.06. The molecule has 1 atom stereocenters. The van der Waals surface area contributed by atoms with Crippen LogP contribution >= 0.6 is 0 Å². The lowest BCUT2D eigenvalue weighted by molar-refractivity contribution is -0.113. The molecule has 1 N–H and O–H groups in total. The Labute approximate surface area is 75.8 Å². The molecule has 0 radical (unpaired) electrons. The van der Waals surface area contributed by atoms with Crippen LogP contribution in [-0.4, -0.2) is 16.7 Å². The highest BCUT2D eigenvalue weighted by Crippen LogP contribution is 2.23. The van der Waals surface area contributed by atoms with E-state index in [0.29, 0.717) is 5.71 Å². The molecule has 1 aliphatic heterocycles. The molecule has 0 aromatic carbocycles. The standard InChI is InChI=1S/C10H9NO2/c1-6-2-3-7-8(4-6)11-10(13)5-9(7)12/h2-5,7,12H,1H3/t7-/m1/s1. The third kappa shape index (κ3) is 1.33. The van der Waals surface area contributed by atoms with Crippen LogP contribution in [-0.2, 0) is 4.79 Å². The molecule has 0 spiro atoms. The number of carbonyl (C=O) groups excluding carboxylic acids is 1. The highest BCUT2D eigenvalue weighted by atomic mass is 16.3. The fraction of sp³-hybridized carbons (Fsp3) is 0.200. The van der Waals surface area contributed by atoms with E-state index in [9.17, 15) is 9.90 Å². The maximum atomic E-state index is 11.0. The SMILES string of the molecule is CC1=CC2=NC(=O)C=C(O)[C@@H]2C=C1. The summed E-state index contributed by atoms with van der Waals surface area (Å²) in [7, 11) is 0. The van der Waals surface area contributed by atoms with Crippen LogP contribution in [0.15, 0.2) is 40.6 Å². The summed E-state index contributed by atoms with van der Waals surface area (Å²) < 4.78 is 0. The Morgan fingerprint density at radius 1 is 1.46 bits per heavy atom. The number of fused-ring (bicyclic) bond motifs is 1. The minimum atomic E-state index is -0.386. The van der Waals surface area contributed by atoms with Crippen molar-refractivity contribution >= 4 is 11.6 Å². The number of aliphatic hydroxyl groups is 1. The molecular formula is C10H9NO2. The lowest BCUT2D eigenvalue weighted by atomic mass is 9.91. The van der Waals surface area contributed by atoms with Crippen molar-refractivity contribution in [3.8, 4) is 0 Å². The number of aliphatic imine (C=N–C) groups is 1. The Balaban J connectivity index is 2.44. The van der Waals surface area contributed by atoms with Gasteiger partial charge in [0, 0.05) is 6.08 Å². The van der Waals surface area contributed by atoms with Gasteiger partial charge in [0.1, 0.15) is 5.76 Å². The molecule has 66 valence electrons. The Morgan fingerprint density at radius 2 is 2.23 bits per heavy atom. The van der Waals surface area contributed by atoms with Crippen molar-refractivity contribution in [2.24, 2.45) is 10.9 Å². The fourth-order valence-electron chi connectivity index (χ4n) is 1.45. The topological polar surface area (TPSA) is 49.7 Å². The highest BCUT2D eigenvalue weighted by molar-refractivity contribution is 6.12. The van der Waals surface area contributed by atoms with Gasteiger partial charge in [-0.15, -0.1) is 0 Å². The fourth-order valence-corrected chi connectivity index (χ4v) is 1.45. The van der Waals surface area contributed by atoms with Crippen LogP contribution in [0.3, 0.4) is 0 Å². The maximum absolute atomic E-state index is 11.0. The average molecular weight is 175 g/mol. The van der Waals surface area contributed by atoms with Crippen molar-refractivity contribution in [2.75, 3.05) is 0 Å². The minimum Gasteiger partial charge on any atom is -0.511 e. The minimum absolute atomic E-state index is 0.0787. The van der Waals surface area contributed by atoms with E-state index in [4.69, 9.17) is 0 Å². The predicted molar refractivity (Wildman–Crippen MR) is 49.5 cm³/mol. The molecule has 0 aromatic rings. The number of amides is 1. The summed E-state index contributed by atoms with van der Waals surface area (Å²) in [5.41, 5.74) is 1.67. The van der Waals surface area contributed by atoms with Gasteiger partial charge in [-0.25, -0.2) is 4.99 Å². The summed E-state index contributed by atoms with van der Waals surface area (Å²) >= 11 is 0. The predicted octanol–water partition coefficient (Wildman–Crippen LogP) is 1.54. The first kappa shape index (κ1) is 7.98. The zero-order chi connectivity index (χ0) is 9.42. The van der Waals surface area contributed by atoms with Crippen molar-refractivity contribution in [1.82, 2.24) is 0 Å². The van der Waals surface area contributed by atoms with Crippen LogP contribution in [0.2, 0.25) is 0 Å². The third-order valence-electron chi connectivity index (χ3n) is 2.08. The number of allylic oxidation sites excluding steroid dienone is 4. The summed E-state index contributed by atoms with van der Waals surface area (Å²) in [4.78, 5) is 14.8. The van der Waals surface area contributed by atoms with Crippen molar-refractivity contribution in [1.29, 1.82) is 0 Å². The number of hydrogen-bond donors (Lipinski definition) is 1. The van der Waals surface area contributed by atoms with Gasteiger partial charge in [0.15, 0.2) is 0 Å². The quantitative estimate of drug-likeness (QED) is 0.607. The van der Waals surface area contributed by atoms with Gasteiger partial charge in [-0.3, -0.25) is 4.79 Å². The van der Waals surface area contributed by atoms with Crippen LogP contribution in [0, 0.1) is 5.92 Å². The second-order valence-electron chi connectivity index (χ2n) is 3.17. The van der Waals surface area contributed by atoms with Gasteiger partial charge >= 0.3 is 0 Å². The van der Waals surface area contributed by atoms with Crippen molar-refractivity contribution in [3.05, 3.63) is 35.6 Å². The number of hydrogen-bond acceptors (Lipinski definition) is 2. The van der Waals surface area contributed by atoms with Gasteiger partial charge in [-0.1, -0.05) is 12.2 Å². The molecular weight excluding hydrogens is 166 g/mol. The Bertz CT molecular complexity index is 386. The molecule has 0 bridgehead atoms. The maximum Gasteiger partial charge on any atom is 0.273 e. The molecule has 3 heteroatoms. The van der Waals surface area contributed by atoms with Gasteiger partial charge in [0.2, 0.25) is 0 Å². The van der Waals surface area contributed by atoms with E-state index in [2.05, 4.69) is 4.99 Å². The van der Waals surface area contributed by atoms with Gasteiger partial charge in [-0.2, -0.15) is 0 Å². The number of dihydropyridines is 1. The zero-order valence-corrected chi connectivity index (χ0v) is 7.19. The molecule has 1 aliphatic carbocycles. The summed E-state index contributed by atoms with van der Waals surface area (Å²) in [5.74, 6) is -0.528. The lowest BCUT2D eigenvalue weighted by Gasteiger charge is -2.19. The van der Waals surface area contributed by atoms with Crippen LogP contribution < -0.4 is 0 Å². The largest absolute Gasteiger partial charge is 0.511 e. The van der Waals surface area contributed by atoms with Gasteiger partial charge in [0.05, 0.1) is 11.6 Å². The number of rotatable bonds is 0. The summed E-state index contributed by atoms with van der Waals surface area (Å²) in [5, 5.41) is 9.44. The van der Waals surface area contributed by atoms with Crippen LogP contribution in [0.5, 0.6) is 0 Å². The van der Waals surface area contributed by atoms with E-state index in [1.165, 1.54) is 0 Å². The first-order chi connectivity index (χ1) is 6.16. The van der Waals surface area contributed by atoms with E-state index in [0.717, 1.165) is 11.6 Å². The average Bonchev–Trinajstić information content (AvgIpc) is 2.02. The molecule has 0 saturated heterocycles. The Kier molecular flexibility index (Phi) is 1.65. The monoisotopic (exact) mass is 175 g/mol. The molecule has 13 heavy (non-hydrogen) atoms. The second kappa shape index (κ2) is 2.69. The van der Waals surface area contributed by atoms with Gasteiger partial charge in [-0.05, 0) is 18.6 Å². The normalized spacial score (nSPS) is 26.1. The van der Waals surface area contributed by atoms with Gasteiger partial charge < -0.3 is 5.11 Å². The van der Waals surface area contributed by atoms with E-state index in [-0.39, 0.29) is 17.6 Å². The smallest absolute Gasteiger partial charge is 0.273 e. The Hall–Kier alpha value is -1.64. The van der Waals surface area contributed by atoms with Crippen LogP contribution in [0.1, 0.15) is 6.92 Å². The van der Waals surface area contributed by atoms with E-state index >= 15 is 0 Å².